The van der Waals surface area contributed by atoms with Crippen LogP contribution < -0.4 is 0 Å². The lowest BCUT2D eigenvalue weighted by atomic mass is 10.6. The van der Waals surface area contributed by atoms with Crippen molar-refractivity contribution in [1.29, 1.82) is 0 Å². The van der Waals surface area contributed by atoms with Gasteiger partial charge in [-0.05, 0) is 14.1 Å². The second-order valence-corrected chi connectivity index (χ2v) is 3.07. The third kappa shape index (κ3) is 8.07. The molecule has 0 saturated carbocycles. The Kier molecular flexibility index (Phi) is 4.94. The van der Waals surface area contributed by atoms with Gasteiger partial charge in [-0.2, -0.15) is 0 Å². The molecule has 0 aliphatic rings. The standard InChI is InChI=1S/C5H13NO2S/c1-6(2)4-5-8-9(3)7/h4-5H2,1-3H3. The van der Waals surface area contributed by atoms with Crippen LogP contribution in [0.3, 0.4) is 0 Å². The van der Waals surface area contributed by atoms with Crippen LogP contribution in [0.2, 0.25) is 0 Å². The van der Waals surface area contributed by atoms with Gasteiger partial charge in [-0.25, -0.2) is 4.21 Å². The molecule has 1 unspecified atom stereocenters. The monoisotopic (exact) mass is 151 g/mol. The highest BCUT2D eigenvalue weighted by Crippen LogP contribution is 1.80. The summed E-state index contributed by atoms with van der Waals surface area (Å²) in [6.45, 7) is 1.36. The molecular formula is C5H13NO2S. The molecule has 0 fully saturated rings. The van der Waals surface area contributed by atoms with Crippen LogP contribution in [0.15, 0.2) is 0 Å². The smallest absolute Gasteiger partial charge is 0.152 e. The maximum absolute atomic E-state index is 10.3. The zero-order valence-corrected chi connectivity index (χ0v) is 6.90. The fourth-order valence-corrected chi connectivity index (χ4v) is 0.646. The first-order valence-electron chi connectivity index (χ1n) is 2.74. The van der Waals surface area contributed by atoms with Gasteiger partial charge in [-0.1, -0.05) is 0 Å². The number of hydrogen-bond donors (Lipinski definition) is 0. The summed E-state index contributed by atoms with van der Waals surface area (Å²) in [7, 11) is 3.89. The van der Waals surface area contributed by atoms with E-state index in [0.29, 0.717) is 6.61 Å². The van der Waals surface area contributed by atoms with E-state index in [4.69, 9.17) is 4.18 Å². The van der Waals surface area contributed by atoms with E-state index in [1.165, 1.54) is 6.26 Å². The molecule has 56 valence electrons. The van der Waals surface area contributed by atoms with E-state index in [1.807, 2.05) is 19.0 Å². The van der Waals surface area contributed by atoms with Crippen molar-refractivity contribution in [2.45, 2.75) is 0 Å². The van der Waals surface area contributed by atoms with Crippen LogP contribution in [0.1, 0.15) is 0 Å². The van der Waals surface area contributed by atoms with Crippen LogP contribution in [-0.4, -0.2) is 42.6 Å². The first kappa shape index (κ1) is 9.07. The van der Waals surface area contributed by atoms with E-state index in [2.05, 4.69) is 0 Å². The average Bonchev–Trinajstić information content (AvgIpc) is 1.63. The van der Waals surface area contributed by atoms with Crippen molar-refractivity contribution in [1.82, 2.24) is 4.90 Å². The van der Waals surface area contributed by atoms with E-state index in [0.717, 1.165) is 6.54 Å². The predicted molar refractivity (Wildman–Crippen MR) is 38.6 cm³/mol. The summed E-state index contributed by atoms with van der Waals surface area (Å²) in [6.07, 6.45) is 1.52. The van der Waals surface area contributed by atoms with E-state index < -0.39 is 11.1 Å². The highest BCUT2D eigenvalue weighted by Gasteiger charge is 1.91. The van der Waals surface area contributed by atoms with E-state index in [-0.39, 0.29) is 0 Å². The minimum absolute atomic E-state index is 0.538. The highest BCUT2D eigenvalue weighted by atomic mass is 32.2. The molecular weight excluding hydrogens is 138 g/mol. The molecule has 0 aromatic heterocycles. The Labute approximate surface area is 58.7 Å². The molecule has 0 amide bonds. The van der Waals surface area contributed by atoms with Gasteiger partial charge in [0.25, 0.3) is 0 Å². The Balaban J connectivity index is 3.01. The number of nitrogens with zero attached hydrogens (tertiary/aromatic N) is 1. The van der Waals surface area contributed by atoms with Gasteiger partial charge in [0.15, 0.2) is 11.1 Å². The second kappa shape index (κ2) is 4.90. The Morgan fingerprint density at radius 1 is 1.56 bits per heavy atom. The first-order chi connectivity index (χ1) is 4.13. The van der Waals surface area contributed by atoms with Gasteiger partial charge in [0, 0.05) is 12.8 Å². The fraction of sp³-hybridized carbons (Fsp3) is 1.00. The molecule has 0 aliphatic heterocycles. The summed E-state index contributed by atoms with van der Waals surface area (Å²) in [5.74, 6) is 0. The minimum Gasteiger partial charge on any atom is -0.307 e. The molecule has 0 bridgehead atoms. The molecule has 0 rings (SSSR count). The molecule has 0 aromatic carbocycles. The van der Waals surface area contributed by atoms with Crippen molar-refractivity contribution in [3.05, 3.63) is 0 Å². The lowest BCUT2D eigenvalue weighted by molar-refractivity contribution is 0.282. The van der Waals surface area contributed by atoms with E-state index in [1.54, 1.807) is 0 Å². The van der Waals surface area contributed by atoms with Gasteiger partial charge in [0.05, 0.1) is 6.61 Å². The van der Waals surface area contributed by atoms with E-state index >= 15 is 0 Å². The minimum atomic E-state index is -1.11. The normalized spacial score (nSPS) is 14.2. The van der Waals surface area contributed by atoms with Crippen molar-refractivity contribution < 1.29 is 8.39 Å². The molecule has 0 radical (unpaired) electrons. The lowest BCUT2D eigenvalue weighted by Crippen LogP contribution is -2.18. The topological polar surface area (TPSA) is 29.5 Å². The van der Waals surface area contributed by atoms with Crippen LogP contribution in [0.5, 0.6) is 0 Å². The zero-order chi connectivity index (χ0) is 7.28. The molecule has 0 saturated heterocycles. The zero-order valence-electron chi connectivity index (χ0n) is 6.09. The van der Waals surface area contributed by atoms with Crippen LogP contribution in [0.4, 0.5) is 0 Å². The molecule has 0 spiro atoms. The first-order valence-corrected chi connectivity index (χ1v) is 4.22. The van der Waals surface area contributed by atoms with Gasteiger partial charge in [0.1, 0.15) is 0 Å². The van der Waals surface area contributed by atoms with Crippen molar-refractivity contribution in [2.75, 3.05) is 33.5 Å². The molecule has 0 heterocycles. The SMILES string of the molecule is CN(C)CCOS(C)=O. The van der Waals surface area contributed by atoms with Crippen LogP contribution in [0, 0.1) is 0 Å². The molecule has 0 aromatic rings. The summed E-state index contributed by atoms with van der Waals surface area (Å²) < 4.78 is 15.1. The van der Waals surface area contributed by atoms with Crippen molar-refractivity contribution in [3.8, 4) is 0 Å². The second-order valence-electron chi connectivity index (χ2n) is 2.03. The quantitative estimate of drug-likeness (QED) is 0.560. The van der Waals surface area contributed by atoms with Crippen molar-refractivity contribution in [3.63, 3.8) is 0 Å². The van der Waals surface area contributed by atoms with Gasteiger partial charge >= 0.3 is 0 Å². The summed E-state index contributed by atoms with van der Waals surface area (Å²) in [5.41, 5.74) is 0. The van der Waals surface area contributed by atoms with Crippen LogP contribution >= 0.6 is 0 Å². The summed E-state index contributed by atoms with van der Waals surface area (Å²) >= 11 is -1.11. The Morgan fingerprint density at radius 3 is 2.44 bits per heavy atom. The Morgan fingerprint density at radius 2 is 2.11 bits per heavy atom. The van der Waals surface area contributed by atoms with Crippen molar-refractivity contribution in [2.24, 2.45) is 0 Å². The third-order valence-electron chi connectivity index (χ3n) is 0.788. The fourth-order valence-electron chi connectivity index (χ4n) is 0.337. The molecule has 9 heavy (non-hydrogen) atoms. The van der Waals surface area contributed by atoms with Gasteiger partial charge in [-0.3, -0.25) is 4.18 Å². The number of hydrogen-bond acceptors (Lipinski definition) is 3. The predicted octanol–water partition coefficient (Wildman–Crippen LogP) is -0.142. The average molecular weight is 151 g/mol. The van der Waals surface area contributed by atoms with Gasteiger partial charge < -0.3 is 4.90 Å². The Bertz CT molecular complexity index is 95.0. The largest absolute Gasteiger partial charge is 0.307 e. The molecule has 1 atom stereocenters. The van der Waals surface area contributed by atoms with Crippen LogP contribution in [0.25, 0.3) is 0 Å². The van der Waals surface area contributed by atoms with Gasteiger partial charge in [-0.15, -0.1) is 0 Å². The maximum Gasteiger partial charge on any atom is 0.152 e. The maximum atomic E-state index is 10.3. The summed E-state index contributed by atoms with van der Waals surface area (Å²) in [6, 6.07) is 0. The number of rotatable bonds is 4. The van der Waals surface area contributed by atoms with E-state index in [9.17, 15) is 4.21 Å². The molecule has 0 N–H and O–H groups in total. The molecule has 3 nitrogen and oxygen atoms in total. The summed E-state index contributed by atoms with van der Waals surface area (Å²) in [5, 5.41) is 0. The molecule has 0 aliphatic carbocycles. The highest BCUT2D eigenvalue weighted by molar-refractivity contribution is 7.79. The number of likely N-dealkylation sites (N-methyl/N-ethyl adjacent to an activating group) is 1. The third-order valence-corrected chi connectivity index (χ3v) is 1.29. The van der Waals surface area contributed by atoms with Crippen molar-refractivity contribution >= 4 is 11.1 Å². The molecule has 4 heteroatoms. The van der Waals surface area contributed by atoms with Crippen LogP contribution in [-0.2, 0) is 15.3 Å². The lowest BCUT2D eigenvalue weighted by Gasteiger charge is -2.06. The summed E-state index contributed by atoms with van der Waals surface area (Å²) in [4.78, 5) is 1.98. The Hall–Kier alpha value is 0.0700. The van der Waals surface area contributed by atoms with Gasteiger partial charge in [0.2, 0.25) is 0 Å².